The second-order valence-electron chi connectivity index (χ2n) is 12.0. The van der Waals surface area contributed by atoms with Gasteiger partial charge in [-0.2, -0.15) is 0 Å². The van der Waals surface area contributed by atoms with E-state index in [4.69, 9.17) is 0 Å². The van der Waals surface area contributed by atoms with Crippen LogP contribution in [-0.2, 0) is 4.79 Å². The summed E-state index contributed by atoms with van der Waals surface area (Å²) in [5.74, 6) is 4.25. The SMILES string of the molecule is CCN(CC)C(=O)CC[C@@H](C)[C@H]1CCC2[C@@H]3CC=C4C[C@@H](O)CC[C@]4(C)C3CC[C@@]21C. The third kappa shape index (κ3) is 3.91. The van der Waals surface area contributed by atoms with Gasteiger partial charge in [-0.1, -0.05) is 32.4 Å². The van der Waals surface area contributed by atoms with Crippen molar-refractivity contribution in [3.05, 3.63) is 11.6 Å². The van der Waals surface area contributed by atoms with Crippen LogP contribution in [0.3, 0.4) is 0 Å². The van der Waals surface area contributed by atoms with E-state index in [2.05, 4.69) is 40.7 Å². The molecule has 3 saturated carbocycles. The molecule has 0 aliphatic heterocycles. The van der Waals surface area contributed by atoms with E-state index in [0.29, 0.717) is 22.7 Å². The fraction of sp³-hybridized carbons (Fsp3) is 0.893. The van der Waals surface area contributed by atoms with Crippen molar-refractivity contribution in [3.8, 4) is 0 Å². The average Bonchev–Trinajstić information content (AvgIpc) is 3.10. The molecular weight excluding hydrogens is 382 g/mol. The van der Waals surface area contributed by atoms with Crippen LogP contribution >= 0.6 is 0 Å². The van der Waals surface area contributed by atoms with Gasteiger partial charge in [0.25, 0.3) is 0 Å². The van der Waals surface area contributed by atoms with E-state index >= 15 is 0 Å². The maximum Gasteiger partial charge on any atom is 0.222 e. The van der Waals surface area contributed by atoms with Gasteiger partial charge in [-0.25, -0.2) is 0 Å². The number of aliphatic hydroxyl groups is 1. The number of hydrogen-bond acceptors (Lipinski definition) is 2. The molecule has 2 unspecified atom stereocenters. The predicted molar refractivity (Wildman–Crippen MR) is 128 cm³/mol. The summed E-state index contributed by atoms with van der Waals surface area (Å²) in [6.45, 7) is 13.4. The molecule has 3 nitrogen and oxygen atoms in total. The summed E-state index contributed by atoms with van der Waals surface area (Å²) < 4.78 is 0. The van der Waals surface area contributed by atoms with Gasteiger partial charge in [-0.15, -0.1) is 0 Å². The number of amides is 1. The molecule has 0 aromatic rings. The van der Waals surface area contributed by atoms with Gasteiger partial charge in [-0.05, 0) is 112 Å². The molecule has 4 aliphatic rings. The number of nitrogens with zero attached hydrogens (tertiary/aromatic N) is 1. The van der Waals surface area contributed by atoms with Crippen LogP contribution < -0.4 is 0 Å². The van der Waals surface area contributed by atoms with Crippen LogP contribution in [0.25, 0.3) is 0 Å². The minimum Gasteiger partial charge on any atom is -0.393 e. The Morgan fingerprint density at radius 3 is 2.58 bits per heavy atom. The topological polar surface area (TPSA) is 40.5 Å². The Bertz CT molecular complexity index is 697. The van der Waals surface area contributed by atoms with Gasteiger partial charge in [0.15, 0.2) is 0 Å². The largest absolute Gasteiger partial charge is 0.393 e. The molecule has 4 aliphatic carbocycles. The Morgan fingerprint density at radius 1 is 1.13 bits per heavy atom. The van der Waals surface area contributed by atoms with Crippen LogP contribution in [-0.4, -0.2) is 35.1 Å². The highest BCUT2D eigenvalue weighted by Gasteiger charge is 2.59. The summed E-state index contributed by atoms with van der Waals surface area (Å²) in [5, 5.41) is 10.2. The molecule has 0 spiro atoms. The molecule has 0 bridgehead atoms. The normalized spacial score (nSPS) is 42.8. The fourth-order valence-corrected chi connectivity index (χ4v) is 8.90. The maximum atomic E-state index is 12.6. The highest BCUT2D eigenvalue weighted by atomic mass is 16.3. The zero-order valence-corrected chi connectivity index (χ0v) is 20.8. The summed E-state index contributed by atoms with van der Waals surface area (Å²) in [6, 6.07) is 0. The van der Waals surface area contributed by atoms with Crippen molar-refractivity contribution < 1.29 is 9.90 Å². The van der Waals surface area contributed by atoms with Crippen molar-refractivity contribution >= 4 is 5.91 Å². The van der Waals surface area contributed by atoms with Crippen LogP contribution in [0.15, 0.2) is 11.6 Å². The lowest BCUT2D eigenvalue weighted by Gasteiger charge is -2.58. The summed E-state index contributed by atoms with van der Waals surface area (Å²) in [4.78, 5) is 14.6. The van der Waals surface area contributed by atoms with Gasteiger partial charge in [0, 0.05) is 19.5 Å². The van der Waals surface area contributed by atoms with Crippen molar-refractivity contribution in [1.29, 1.82) is 0 Å². The summed E-state index contributed by atoms with van der Waals surface area (Å²) in [7, 11) is 0. The Morgan fingerprint density at radius 2 is 1.87 bits per heavy atom. The molecule has 0 radical (unpaired) electrons. The number of carbonyl (C=O) groups is 1. The predicted octanol–water partition coefficient (Wildman–Crippen LogP) is 6.21. The maximum absolute atomic E-state index is 12.6. The van der Waals surface area contributed by atoms with Gasteiger partial charge in [0.1, 0.15) is 0 Å². The first-order valence-corrected chi connectivity index (χ1v) is 13.4. The fourth-order valence-electron chi connectivity index (χ4n) is 8.90. The van der Waals surface area contributed by atoms with Gasteiger partial charge < -0.3 is 10.0 Å². The summed E-state index contributed by atoms with van der Waals surface area (Å²) in [6.07, 6.45) is 14.0. The van der Waals surface area contributed by atoms with E-state index in [-0.39, 0.29) is 6.10 Å². The highest BCUT2D eigenvalue weighted by molar-refractivity contribution is 5.76. The third-order valence-corrected chi connectivity index (χ3v) is 10.8. The van der Waals surface area contributed by atoms with Gasteiger partial charge in [0.2, 0.25) is 5.91 Å². The molecule has 0 aromatic heterocycles. The first-order chi connectivity index (χ1) is 14.7. The zero-order chi connectivity index (χ0) is 22.4. The van der Waals surface area contributed by atoms with Crippen LogP contribution in [0, 0.1) is 40.4 Å². The molecule has 176 valence electrons. The lowest BCUT2D eigenvalue weighted by atomic mass is 9.47. The van der Waals surface area contributed by atoms with Crippen LogP contribution in [0.1, 0.15) is 98.8 Å². The molecule has 3 fully saturated rings. The van der Waals surface area contributed by atoms with Crippen molar-refractivity contribution in [1.82, 2.24) is 4.90 Å². The Kier molecular flexibility index (Phi) is 6.65. The van der Waals surface area contributed by atoms with Crippen molar-refractivity contribution in [2.75, 3.05) is 13.1 Å². The second-order valence-corrected chi connectivity index (χ2v) is 12.0. The van der Waals surface area contributed by atoms with Crippen molar-refractivity contribution in [2.45, 2.75) is 105 Å². The van der Waals surface area contributed by atoms with Gasteiger partial charge >= 0.3 is 0 Å². The molecule has 0 aromatic carbocycles. The Labute approximate surface area is 191 Å². The molecule has 31 heavy (non-hydrogen) atoms. The zero-order valence-electron chi connectivity index (χ0n) is 20.8. The molecule has 1 N–H and O–H groups in total. The molecule has 1 amide bonds. The molecule has 0 saturated heterocycles. The van der Waals surface area contributed by atoms with E-state index in [1.54, 1.807) is 5.57 Å². The lowest BCUT2D eigenvalue weighted by molar-refractivity contribution is -0.131. The summed E-state index contributed by atoms with van der Waals surface area (Å²) >= 11 is 0. The minimum atomic E-state index is -0.111. The first-order valence-electron chi connectivity index (χ1n) is 13.4. The number of aliphatic hydroxyl groups excluding tert-OH is 1. The van der Waals surface area contributed by atoms with E-state index in [1.807, 2.05) is 4.90 Å². The smallest absolute Gasteiger partial charge is 0.222 e. The van der Waals surface area contributed by atoms with E-state index in [1.165, 1.54) is 38.5 Å². The second kappa shape index (κ2) is 8.84. The molecular formula is C28H47NO2. The van der Waals surface area contributed by atoms with Crippen LogP contribution in [0.5, 0.6) is 0 Å². The van der Waals surface area contributed by atoms with Crippen LogP contribution in [0.4, 0.5) is 0 Å². The molecule has 3 heteroatoms. The monoisotopic (exact) mass is 429 g/mol. The van der Waals surface area contributed by atoms with Crippen LogP contribution in [0.2, 0.25) is 0 Å². The lowest BCUT2D eigenvalue weighted by Crippen LogP contribution is -2.50. The highest BCUT2D eigenvalue weighted by Crippen LogP contribution is 2.67. The molecule has 8 atom stereocenters. The van der Waals surface area contributed by atoms with Gasteiger partial charge in [0.05, 0.1) is 6.10 Å². The van der Waals surface area contributed by atoms with E-state index < -0.39 is 0 Å². The Balaban J connectivity index is 1.45. The number of hydrogen-bond donors (Lipinski definition) is 1. The first kappa shape index (κ1) is 23.3. The average molecular weight is 430 g/mol. The third-order valence-electron chi connectivity index (χ3n) is 10.8. The number of rotatable bonds is 6. The quantitative estimate of drug-likeness (QED) is 0.510. The number of fused-ring (bicyclic) bond motifs is 5. The van der Waals surface area contributed by atoms with Crippen molar-refractivity contribution in [2.24, 2.45) is 40.4 Å². The number of carbonyl (C=O) groups excluding carboxylic acids is 1. The van der Waals surface area contributed by atoms with Gasteiger partial charge in [-0.3, -0.25) is 4.79 Å². The number of allylic oxidation sites excluding steroid dienone is 1. The van der Waals surface area contributed by atoms with Crippen molar-refractivity contribution in [3.63, 3.8) is 0 Å². The Hall–Kier alpha value is -0.830. The summed E-state index contributed by atoms with van der Waals surface area (Å²) in [5.41, 5.74) is 2.37. The van der Waals surface area contributed by atoms with E-state index in [0.717, 1.165) is 62.4 Å². The minimum absolute atomic E-state index is 0.111. The van der Waals surface area contributed by atoms with E-state index in [9.17, 15) is 9.90 Å². The molecule has 0 heterocycles. The standard InChI is InChI=1S/C28H47NO2/c1-6-29(7-2)26(31)13-8-19(3)23-11-12-24-22-10-9-20-18-21(30)14-16-27(20,4)25(22)15-17-28(23,24)5/h9,19,21-25,30H,6-8,10-18H2,1-5H3/t19-,21+,22+,23-,24?,25?,27+,28-/m1/s1. The molecule has 4 rings (SSSR count).